The summed E-state index contributed by atoms with van der Waals surface area (Å²) in [4.78, 5) is 12.1. The monoisotopic (exact) mass is 230 g/mol. The van der Waals surface area contributed by atoms with Gasteiger partial charge in [0.2, 0.25) is 0 Å². The van der Waals surface area contributed by atoms with E-state index in [0.29, 0.717) is 0 Å². The van der Waals surface area contributed by atoms with Crippen molar-refractivity contribution in [2.75, 3.05) is 0 Å². The second-order valence-electron chi connectivity index (χ2n) is 1.52. The Morgan fingerprint density at radius 1 is 1.15 bits per heavy atom. The van der Waals surface area contributed by atoms with E-state index < -0.39 is 22.1 Å². The second-order valence-corrected chi connectivity index (χ2v) is 1.83. The van der Waals surface area contributed by atoms with Crippen molar-refractivity contribution in [3.05, 3.63) is 4.91 Å². The van der Waals surface area contributed by atoms with Crippen LogP contribution in [0.15, 0.2) is 0 Å². The maximum atomic E-state index is 11.5. The van der Waals surface area contributed by atoms with Gasteiger partial charge in [0.25, 0.3) is 0 Å². The lowest BCUT2D eigenvalue weighted by Crippen LogP contribution is -2.45. The third kappa shape index (κ3) is 4.67. The van der Waals surface area contributed by atoms with Gasteiger partial charge < -0.3 is 12.8 Å². The van der Waals surface area contributed by atoms with Gasteiger partial charge in [0.05, 0.1) is 9.45 Å². The number of hydrogen-bond donors (Lipinski definition) is 0. The number of nitroso groups, excluding NO2 is 1. The molecule has 11 heteroatoms. The number of halogens is 6. The molecule has 0 amide bonds. The molecule has 0 N–H and O–H groups in total. The van der Waals surface area contributed by atoms with E-state index in [-0.39, 0.29) is 0 Å². The fourth-order valence-corrected chi connectivity index (χ4v) is 0.402. The Morgan fingerprint density at radius 2 is 1.54 bits per heavy atom. The maximum absolute atomic E-state index is 11.5. The molecule has 0 aliphatic heterocycles. The Kier molecular flexibility index (Phi) is 3.27. The summed E-state index contributed by atoms with van der Waals surface area (Å²) in [6.45, 7) is 0. The number of hydrogen-bond acceptors (Lipinski definition) is 3. The molecule has 4 nitrogen and oxygen atoms in total. The molecule has 78 valence electrons. The van der Waals surface area contributed by atoms with Crippen LogP contribution in [0.2, 0.25) is 0 Å². The summed E-state index contributed by atoms with van der Waals surface area (Å²) in [5, 5.41) is -1.97. The van der Waals surface area contributed by atoms with Crippen LogP contribution in [0.4, 0.5) is 26.3 Å². The average molecular weight is 230 g/mol. The quantitative estimate of drug-likeness (QED) is 0.236. The predicted octanol–water partition coefficient (Wildman–Crippen LogP) is 1.42. The molecule has 0 aromatic heterocycles. The second kappa shape index (κ2) is 3.49. The molecule has 0 heterocycles. The largest absolute Gasteiger partial charge is 0.561 e. The third-order valence-electron chi connectivity index (χ3n) is 0.555. The number of nitrogens with zero attached hydrogens (tertiary/aromatic N) is 2. The first-order valence-corrected chi connectivity index (χ1v) is 2.67. The van der Waals surface area contributed by atoms with Crippen LogP contribution in [0.3, 0.4) is 0 Å². The molecule has 0 atom stereocenters. The Balaban J connectivity index is 4.56. The summed E-state index contributed by atoms with van der Waals surface area (Å²) < 4.78 is 66.6. The number of rotatable bonds is 2. The van der Waals surface area contributed by atoms with Gasteiger partial charge in [0, 0.05) is 4.91 Å². The standard InChI is InChI=1S/C2F6N2O2S/c3-1(4,5)9(10(11)13)12-2(6,7)8. The molecule has 13 heavy (non-hydrogen) atoms. The molecule has 0 unspecified atom stereocenters. The summed E-state index contributed by atoms with van der Waals surface area (Å²) in [6.07, 6.45) is -11.3. The zero-order valence-electron chi connectivity index (χ0n) is 5.39. The Morgan fingerprint density at radius 3 is 1.62 bits per heavy atom. The topological polar surface area (TPSA) is 32.5 Å². The minimum atomic E-state index is -5.65. The van der Waals surface area contributed by atoms with Gasteiger partial charge in [-0.3, -0.25) is 0 Å². The van der Waals surface area contributed by atoms with E-state index >= 15 is 0 Å². The minimum Gasteiger partial charge on any atom is -0.329 e. The van der Waals surface area contributed by atoms with Crippen LogP contribution in [0, 0.1) is 4.91 Å². The Bertz CT molecular complexity index is 200. The zero-order chi connectivity index (χ0) is 10.9. The van der Waals surface area contributed by atoms with E-state index in [1.54, 1.807) is 0 Å². The highest BCUT2D eigenvalue weighted by Gasteiger charge is 2.52. The van der Waals surface area contributed by atoms with E-state index in [1.807, 2.05) is 0 Å². The molecule has 0 rings (SSSR count). The fourth-order valence-electron chi connectivity index (χ4n) is 0.276. The highest BCUT2D eigenvalue weighted by molar-refractivity contribution is 7.51. The van der Waals surface area contributed by atoms with Crippen molar-refractivity contribution in [3.8, 4) is 0 Å². The van der Waals surface area contributed by atoms with E-state index in [2.05, 4.69) is 17.7 Å². The number of hydroxylamine groups is 1. The van der Waals surface area contributed by atoms with Crippen molar-refractivity contribution in [1.82, 2.24) is 5.17 Å². The van der Waals surface area contributed by atoms with Crippen LogP contribution in [0.25, 0.3) is 0 Å². The van der Waals surface area contributed by atoms with Crippen molar-refractivity contribution in [1.29, 1.82) is 0 Å². The fraction of sp³-hybridized carbons (Fsp3) is 1.00. The van der Waals surface area contributed by atoms with Crippen LogP contribution in [-0.4, -0.2) is 22.1 Å². The molecule has 0 aromatic carbocycles. The van der Waals surface area contributed by atoms with Gasteiger partial charge in [-0.2, -0.15) is 0 Å². The van der Waals surface area contributed by atoms with Crippen LogP contribution in [0.5, 0.6) is 0 Å². The molecule has 0 aromatic rings. The predicted molar refractivity (Wildman–Crippen MR) is 26.0 cm³/mol. The summed E-state index contributed by atoms with van der Waals surface area (Å²) in [7, 11) is 0. The molecule has 0 aliphatic rings. The van der Waals surface area contributed by atoms with Gasteiger partial charge in [-0.05, 0) is 0 Å². The lowest BCUT2D eigenvalue weighted by atomic mass is 11.2. The highest BCUT2D eigenvalue weighted by Crippen LogP contribution is 2.27. The lowest BCUT2D eigenvalue weighted by molar-refractivity contribution is -0.754. The van der Waals surface area contributed by atoms with Crippen molar-refractivity contribution in [3.63, 3.8) is 0 Å². The van der Waals surface area contributed by atoms with Crippen LogP contribution in [0.1, 0.15) is 0 Å². The molecule has 0 saturated heterocycles. The summed E-state index contributed by atoms with van der Waals surface area (Å²) in [6, 6.07) is 0. The molecule has 0 bridgehead atoms. The van der Waals surface area contributed by atoms with E-state index in [1.165, 1.54) is 0 Å². The van der Waals surface area contributed by atoms with E-state index in [9.17, 15) is 31.2 Å². The lowest BCUT2D eigenvalue weighted by Gasteiger charge is -2.17. The normalized spacial score (nSPS) is 12.8. The van der Waals surface area contributed by atoms with Gasteiger partial charge in [0.1, 0.15) is 0 Å². The number of alkyl halides is 6. The van der Waals surface area contributed by atoms with Crippen LogP contribution in [-0.2, 0) is 17.7 Å². The molecular weight excluding hydrogens is 230 g/mol. The molecule has 0 saturated carbocycles. The zero-order valence-corrected chi connectivity index (χ0v) is 6.20. The minimum absolute atomic E-state index is 1.55. The van der Waals surface area contributed by atoms with E-state index in [4.69, 9.17) is 0 Å². The number of hydrazine groups is 1. The van der Waals surface area contributed by atoms with Gasteiger partial charge in [-0.1, -0.05) is 0 Å². The third-order valence-corrected chi connectivity index (χ3v) is 0.704. The van der Waals surface area contributed by atoms with Crippen molar-refractivity contribution >= 4 is 12.8 Å². The molecule has 0 spiro atoms. The summed E-state index contributed by atoms with van der Waals surface area (Å²) >= 11 is 3.28. The summed E-state index contributed by atoms with van der Waals surface area (Å²) in [5.74, 6) is 0. The summed E-state index contributed by atoms with van der Waals surface area (Å²) in [5.41, 5.74) is 0. The smallest absolute Gasteiger partial charge is 0.329 e. The van der Waals surface area contributed by atoms with Gasteiger partial charge >= 0.3 is 12.7 Å². The van der Waals surface area contributed by atoms with Crippen LogP contribution < -0.4 is 0 Å². The van der Waals surface area contributed by atoms with Gasteiger partial charge in [-0.25, -0.2) is 0 Å². The Labute approximate surface area is 72.1 Å². The van der Waals surface area contributed by atoms with Crippen LogP contribution >= 0.6 is 0 Å². The molecular formula is C2F6N2O2S. The highest BCUT2D eigenvalue weighted by atomic mass is 32.1. The van der Waals surface area contributed by atoms with Crippen molar-refractivity contribution in [2.24, 2.45) is 0 Å². The first kappa shape index (κ1) is 12.2. The average Bonchev–Trinajstić information content (AvgIpc) is 1.77. The SMILES string of the molecule is O=[N+]([S-])N(OC(F)(F)F)C(F)(F)F. The van der Waals surface area contributed by atoms with Gasteiger partial charge in [0.15, 0.2) is 0 Å². The molecule has 0 fully saturated rings. The van der Waals surface area contributed by atoms with E-state index in [0.717, 1.165) is 0 Å². The van der Waals surface area contributed by atoms with Gasteiger partial charge in [-0.15, -0.1) is 31.2 Å². The first-order valence-electron chi connectivity index (χ1n) is 2.31. The first-order chi connectivity index (χ1) is 5.54. The molecule has 0 radical (unpaired) electrons. The van der Waals surface area contributed by atoms with Crippen molar-refractivity contribution < 1.29 is 35.5 Å². The molecule has 0 aliphatic carbocycles. The maximum Gasteiger partial charge on any atom is 0.561 e. The Hall–Kier alpha value is -0.840. The van der Waals surface area contributed by atoms with Crippen molar-refractivity contribution in [2.45, 2.75) is 12.7 Å².